The first kappa shape index (κ1) is 19.2. The standard InChI is InChI=1S/C21H27N3O3/c1-2-27-19-10-8-17(9-11-19)20(24-12-14-26-15-13-24)16-22-21(25)23-18-6-4-3-5-7-18/h3-11,20H,2,12-16H2,1H3,(H2,22,23,25). The van der Waals surface area contributed by atoms with Crippen LogP contribution in [0, 0.1) is 0 Å². The molecule has 2 aromatic rings. The Labute approximate surface area is 160 Å². The van der Waals surface area contributed by atoms with Crippen LogP contribution in [0.15, 0.2) is 54.6 Å². The predicted molar refractivity (Wildman–Crippen MR) is 106 cm³/mol. The maximum Gasteiger partial charge on any atom is 0.319 e. The zero-order valence-electron chi connectivity index (χ0n) is 15.7. The molecule has 1 fully saturated rings. The molecule has 1 atom stereocenters. The normalized spacial score (nSPS) is 15.7. The number of carbonyl (C=O) groups is 1. The number of carbonyl (C=O) groups excluding carboxylic acids is 1. The van der Waals surface area contributed by atoms with Gasteiger partial charge in [0.05, 0.1) is 25.9 Å². The van der Waals surface area contributed by atoms with E-state index < -0.39 is 0 Å². The molecule has 144 valence electrons. The third-order valence-electron chi connectivity index (χ3n) is 4.55. The highest BCUT2D eigenvalue weighted by molar-refractivity contribution is 5.89. The Morgan fingerprint density at radius 3 is 2.48 bits per heavy atom. The van der Waals surface area contributed by atoms with Crippen LogP contribution in [0.3, 0.4) is 0 Å². The van der Waals surface area contributed by atoms with Crippen LogP contribution in [0.25, 0.3) is 0 Å². The van der Waals surface area contributed by atoms with Crippen molar-refractivity contribution in [2.75, 3.05) is 44.8 Å². The first-order valence-corrected chi connectivity index (χ1v) is 9.40. The number of amides is 2. The third kappa shape index (κ3) is 5.70. The second-order valence-electron chi connectivity index (χ2n) is 6.37. The van der Waals surface area contributed by atoms with Crippen molar-refractivity contribution in [2.45, 2.75) is 13.0 Å². The molecule has 0 aliphatic carbocycles. The van der Waals surface area contributed by atoms with Crippen LogP contribution < -0.4 is 15.4 Å². The minimum Gasteiger partial charge on any atom is -0.494 e. The number of benzene rings is 2. The van der Waals surface area contributed by atoms with Crippen LogP contribution in [0.2, 0.25) is 0 Å². The lowest BCUT2D eigenvalue weighted by Gasteiger charge is -2.35. The summed E-state index contributed by atoms with van der Waals surface area (Å²) in [5.74, 6) is 0.858. The Bertz CT molecular complexity index is 700. The van der Waals surface area contributed by atoms with Gasteiger partial charge in [0, 0.05) is 25.3 Å². The number of anilines is 1. The molecule has 6 heteroatoms. The van der Waals surface area contributed by atoms with Crippen LogP contribution in [0.4, 0.5) is 10.5 Å². The lowest BCUT2D eigenvalue weighted by Crippen LogP contribution is -2.44. The van der Waals surface area contributed by atoms with Crippen molar-refractivity contribution in [2.24, 2.45) is 0 Å². The number of para-hydroxylation sites is 1. The van der Waals surface area contributed by atoms with Crippen molar-refractivity contribution in [1.29, 1.82) is 0 Å². The highest BCUT2D eigenvalue weighted by Crippen LogP contribution is 2.24. The van der Waals surface area contributed by atoms with Crippen LogP contribution in [-0.4, -0.2) is 50.4 Å². The zero-order chi connectivity index (χ0) is 18.9. The largest absolute Gasteiger partial charge is 0.494 e. The van der Waals surface area contributed by atoms with Crippen molar-refractivity contribution >= 4 is 11.7 Å². The van der Waals surface area contributed by atoms with E-state index >= 15 is 0 Å². The Morgan fingerprint density at radius 2 is 1.81 bits per heavy atom. The van der Waals surface area contributed by atoms with E-state index in [9.17, 15) is 4.79 Å². The van der Waals surface area contributed by atoms with Crippen molar-refractivity contribution in [3.63, 3.8) is 0 Å². The molecule has 0 saturated carbocycles. The molecule has 0 radical (unpaired) electrons. The van der Waals surface area contributed by atoms with Crippen molar-refractivity contribution in [3.05, 3.63) is 60.2 Å². The minimum absolute atomic E-state index is 0.0890. The van der Waals surface area contributed by atoms with Gasteiger partial charge in [0.2, 0.25) is 0 Å². The molecule has 27 heavy (non-hydrogen) atoms. The summed E-state index contributed by atoms with van der Waals surface area (Å²) in [6.45, 7) is 6.26. The molecule has 6 nitrogen and oxygen atoms in total. The van der Waals surface area contributed by atoms with E-state index in [0.717, 1.165) is 30.1 Å². The van der Waals surface area contributed by atoms with Crippen LogP contribution in [-0.2, 0) is 4.74 Å². The van der Waals surface area contributed by atoms with Gasteiger partial charge in [-0.15, -0.1) is 0 Å². The maximum atomic E-state index is 12.3. The van der Waals surface area contributed by atoms with E-state index in [-0.39, 0.29) is 12.1 Å². The number of urea groups is 1. The molecule has 1 aliphatic rings. The van der Waals surface area contributed by atoms with Gasteiger partial charge in [-0.25, -0.2) is 4.79 Å². The molecular weight excluding hydrogens is 342 g/mol. The molecular formula is C21H27N3O3. The average Bonchev–Trinajstić information content (AvgIpc) is 2.71. The molecule has 0 bridgehead atoms. The predicted octanol–water partition coefficient (Wildman–Crippen LogP) is 3.28. The second kappa shape index (κ2) is 9.94. The fraction of sp³-hybridized carbons (Fsp3) is 0.381. The minimum atomic E-state index is -0.203. The first-order valence-electron chi connectivity index (χ1n) is 9.40. The van der Waals surface area contributed by atoms with E-state index in [1.54, 1.807) is 0 Å². The van der Waals surface area contributed by atoms with Gasteiger partial charge in [0.1, 0.15) is 5.75 Å². The molecule has 2 N–H and O–H groups in total. The number of hydrogen-bond donors (Lipinski definition) is 2. The van der Waals surface area contributed by atoms with Gasteiger partial charge in [-0.05, 0) is 36.8 Å². The van der Waals surface area contributed by atoms with Crippen molar-refractivity contribution in [1.82, 2.24) is 10.2 Å². The average molecular weight is 369 g/mol. The van der Waals surface area contributed by atoms with E-state index in [4.69, 9.17) is 9.47 Å². The summed E-state index contributed by atoms with van der Waals surface area (Å²) < 4.78 is 11.0. The molecule has 1 unspecified atom stereocenters. The first-order chi connectivity index (χ1) is 13.3. The SMILES string of the molecule is CCOc1ccc(C(CNC(=O)Nc2ccccc2)N2CCOCC2)cc1. The number of nitrogens with one attached hydrogen (secondary N) is 2. The van der Waals surface area contributed by atoms with Gasteiger partial charge >= 0.3 is 6.03 Å². The Kier molecular flexibility index (Phi) is 7.07. The van der Waals surface area contributed by atoms with Gasteiger partial charge in [-0.2, -0.15) is 0 Å². The number of rotatable bonds is 7. The molecule has 2 aromatic carbocycles. The Hall–Kier alpha value is -2.57. The van der Waals surface area contributed by atoms with Gasteiger partial charge in [0.25, 0.3) is 0 Å². The second-order valence-corrected chi connectivity index (χ2v) is 6.37. The van der Waals surface area contributed by atoms with Crippen LogP contribution in [0.1, 0.15) is 18.5 Å². The molecule has 0 spiro atoms. The third-order valence-corrected chi connectivity index (χ3v) is 4.55. The summed E-state index contributed by atoms with van der Waals surface area (Å²) in [4.78, 5) is 14.6. The van der Waals surface area contributed by atoms with Crippen molar-refractivity contribution in [3.8, 4) is 5.75 Å². The van der Waals surface area contributed by atoms with E-state index in [2.05, 4.69) is 27.7 Å². The van der Waals surface area contributed by atoms with Gasteiger partial charge in [-0.1, -0.05) is 30.3 Å². The summed E-state index contributed by atoms with van der Waals surface area (Å²) in [5.41, 5.74) is 1.93. The zero-order valence-corrected chi connectivity index (χ0v) is 15.7. The van der Waals surface area contributed by atoms with Gasteiger partial charge in [-0.3, -0.25) is 4.90 Å². The Morgan fingerprint density at radius 1 is 1.11 bits per heavy atom. The Balaban J connectivity index is 1.65. The van der Waals surface area contributed by atoms with Crippen LogP contribution >= 0.6 is 0 Å². The van der Waals surface area contributed by atoms with Crippen molar-refractivity contribution < 1.29 is 14.3 Å². The molecule has 1 aliphatic heterocycles. The lowest BCUT2D eigenvalue weighted by molar-refractivity contribution is 0.0167. The highest BCUT2D eigenvalue weighted by Gasteiger charge is 2.23. The summed E-state index contributed by atoms with van der Waals surface area (Å²) in [6, 6.07) is 17.4. The molecule has 1 heterocycles. The monoisotopic (exact) mass is 369 g/mol. The molecule has 0 aromatic heterocycles. The maximum absolute atomic E-state index is 12.3. The summed E-state index contributed by atoms with van der Waals surface area (Å²) in [5, 5.41) is 5.87. The number of nitrogens with zero attached hydrogens (tertiary/aromatic N) is 1. The number of ether oxygens (including phenoxy) is 2. The number of morpholine rings is 1. The van der Waals surface area contributed by atoms with Gasteiger partial charge in [0.15, 0.2) is 0 Å². The topological polar surface area (TPSA) is 62.8 Å². The molecule has 3 rings (SSSR count). The highest BCUT2D eigenvalue weighted by atomic mass is 16.5. The van der Waals surface area contributed by atoms with Gasteiger partial charge < -0.3 is 20.1 Å². The summed E-state index contributed by atoms with van der Waals surface area (Å²) in [7, 11) is 0. The van der Waals surface area contributed by atoms with E-state index in [1.807, 2.05) is 49.4 Å². The van der Waals surface area contributed by atoms with Crippen LogP contribution in [0.5, 0.6) is 5.75 Å². The van der Waals surface area contributed by atoms with E-state index in [1.165, 1.54) is 0 Å². The quantitative estimate of drug-likeness (QED) is 0.786. The summed E-state index contributed by atoms with van der Waals surface area (Å²) >= 11 is 0. The smallest absolute Gasteiger partial charge is 0.319 e. The summed E-state index contributed by atoms with van der Waals surface area (Å²) in [6.07, 6.45) is 0. The fourth-order valence-corrected chi connectivity index (χ4v) is 3.19. The molecule has 2 amide bonds. The molecule has 1 saturated heterocycles. The number of hydrogen-bond acceptors (Lipinski definition) is 4. The van der Waals surface area contributed by atoms with E-state index in [0.29, 0.717) is 26.4 Å². The lowest BCUT2D eigenvalue weighted by atomic mass is 10.0. The fourth-order valence-electron chi connectivity index (χ4n) is 3.19.